The SMILES string of the molecule is CCN(C)CCCC(=N)N. The zero-order valence-corrected chi connectivity index (χ0v) is 6.85. The van der Waals surface area contributed by atoms with E-state index in [4.69, 9.17) is 11.1 Å². The topological polar surface area (TPSA) is 53.1 Å². The lowest BCUT2D eigenvalue weighted by Crippen LogP contribution is -2.20. The summed E-state index contributed by atoms with van der Waals surface area (Å²) in [4.78, 5) is 2.21. The second-order valence-corrected chi connectivity index (χ2v) is 2.52. The third-order valence-corrected chi connectivity index (χ3v) is 1.53. The van der Waals surface area contributed by atoms with Gasteiger partial charge in [0.05, 0.1) is 5.84 Å². The summed E-state index contributed by atoms with van der Waals surface area (Å²) in [6.07, 6.45) is 1.73. The van der Waals surface area contributed by atoms with E-state index in [1.807, 2.05) is 0 Å². The van der Waals surface area contributed by atoms with Crippen LogP contribution in [-0.2, 0) is 0 Å². The molecular formula is C7H17N3. The Hall–Kier alpha value is -0.570. The molecule has 0 unspecified atom stereocenters. The molecule has 0 saturated heterocycles. The van der Waals surface area contributed by atoms with Crippen molar-refractivity contribution in [1.82, 2.24) is 4.90 Å². The van der Waals surface area contributed by atoms with Crippen molar-refractivity contribution in [1.29, 1.82) is 5.41 Å². The van der Waals surface area contributed by atoms with Crippen LogP contribution in [0.25, 0.3) is 0 Å². The summed E-state index contributed by atoms with van der Waals surface area (Å²) in [5.41, 5.74) is 5.18. The van der Waals surface area contributed by atoms with Gasteiger partial charge in [-0.05, 0) is 26.6 Å². The molecule has 0 bridgehead atoms. The molecule has 10 heavy (non-hydrogen) atoms. The van der Waals surface area contributed by atoms with Gasteiger partial charge < -0.3 is 10.6 Å². The van der Waals surface area contributed by atoms with Crippen molar-refractivity contribution in [2.75, 3.05) is 20.1 Å². The van der Waals surface area contributed by atoms with Gasteiger partial charge in [0.15, 0.2) is 0 Å². The molecule has 0 rings (SSSR count). The lowest BCUT2D eigenvalue weighted by atomic mass is 10.3. The van der Waals surface area contributed by atoms with Gasteiger partial charge >= 0.3 is 0 Å². The highest BCUT2D eigenvalue weighted by Gasteiger charge is 1.94. The minimum absolute atomic E-state index is 0.296. The van der Waals surface area contributed by atoms with Crippen LogP contribution in [0.5, 0.6) is 0 Å². The van der Waals surface area contributed by atoms with Gasteiger partial charge in [0.25, 0.3) is 0 Å². The van der Waals surface area contributed by atoms with Crippen LogP contribution in [0.4, 0.5) is 0 Å². The minimum Gasteiger partial charge on any atom is -0.388 e. The van der Waals surface area contributed by atoms with Crippen molar-refractivity contribution in [3.8, 4) is 0 Å². The number of rotatable bonds is 5. The first-order valence-electron chi connectivity index (χ1n) is 3.68. The Kier molecular flexibility index (Phi) is 4.94. The highest BCUT2D eigenvalue weighted by Crippen LogP contribution is 1.90. The third-order valence-electron chi connectivity index (χ3n) is 1.53. The van der Waals surface area contributed by atoms with Crippen molar-refractivity contribution >= 4 is 5.84 Å². The lowest BCUT2D eigenvalue weighted by molar-refractivity contribution is 0.350. The first-order chi connectivity index (χ1) is 4.66. The molecule has 0 radical (unpaired) electrons. The summed E-state index contributed by atoms with van der Waals surface area (Å²) in [6.45, 7) is 4.22. The molecule has 0 atom stereocenters. The van der Waals surface area contributed by atoms with Crippen molar-refractivity contribution in [2.45, 2.75) is 19.8 Å². The summed E-state index contributed by atoms with van der Waals surface area (Å²) in [6, 6.07) is 0. The maximum Gasteiger partial charge on any atom is 0.0905 e. The van der Waals surface area contributed by atoms with E-state index in [-0.39, 0.29) is 0 Å². The van der Waals surface area contributed by atoms with Crippen molar-refractivity contribution in [3.63, 3.8) is 0 Å². The zero-order valence-electron chi connectivity index (χ0n) is 6.85. The number of nitrogens with two attached hydrogens (primary N) is 1. The molecular weight excluding hydrogens is 126 g/mol. The van der Waals surface area contributed by atoms with Crippen LogP contribution in [0.15, 0.2) is 0 Å². The number of amidine groups is 1. The Morgan fingerprint density at radius 2 is 2.20 bits per heavy atom. The van der Waals surface area contributed by atoms with E-state index in [1.54, 1.807) is 0 Å². The molecule has 0 aliphatic rings. The average Bonchev–Trinajstić information content (AvgIpc) is 1.87. The molecule has 0 aromatic carbocycles. The quantitative estimate of drug-likeness (QED) is 0.438. The van der Waals surface area contributed by atoms with Gasteiger partial charge in [-0.25, -0.2) is 0 Å². The number of nitrogens with zero attached hydrogens (tertiary/aromatic N) is 1. The van der Waals surface area contributed by atoms with Crippen LogP contribution in [0.2, 0.25) is 0 Å². The predicted molar refractivity (Wildman–Crippen MR) is 44.3 cm³/mol. The Morgan fingerprint density at radius 3 is 2.60 bits per heavy atom. The van der Waals surface area contributed by atoms with Crippen LogP contribution in [0.3, 0.4) is 0 Å². The number of hydrogen-bond donors (Lipinski definition) is 2. The van der Waals surface area contributed by atoms with E-state index in [2.05, 4.69) is 18.9 Å². The van der Waals surface area contributed by atoms with E-state index < -0.39 is 0 Å². The van der Waals surface area contributed by atoms with E-state index in [9.17, 15) is 0 Å². The normalized spacial score (nSPS) is 10.3. The Labute approximate surface area is 62.7 Å². The summed E-state index contributed by atoms with van der Waals surface area (Å²) in [5, 5.41) is 6.95. The maximum absolute atomic E-state index is 6.95. The van der Waals surface area contributed by atoms with Crippen LogP contribution in [0.1, 0.15) is 19.8 Å². The fourth-order valence-corrected chi connectivity index (χ4v) is 0.698. The highest BCUT2D eigenvalue weighted by molar-refractivity contribution is 5.76. The highest BCUT2D eigenvalue weighted by atomic mass is 15.1. The summed E-state index contributed by atoms with van der Waals surface area (Å²) < 4.78 is 0. The van der Waals surface area contributed by atoms with Crippen LogP contribution < -0.4 is 5.73 Å². The molecule has 0 spiro atoms. The molecule has 3 nitrogen and oxygen atoms in total. The van der Waals surface area contributed by atoms with Gasteiger partial charge in [0, 0.05) is 6.42 Å². The van der Waals surface area contributed by atoms with E-state index in [1.165, 1.54) is 0 Å². The second kappa shape index (κ2) is 5.23. The fraction of sp³-hybridized carbons (Fsp3) is 0.857. The molecule has 0 saturated carbocycles. The minimum atomic E-state index is 0.296. The molecule has 0 aromatic heterocycles. The maximum atomic E-state index is 6.95. The van der Waals surface area contributed by atoms with Crippen LogP contribution in [-0.4, -0.2) is 30.9 Å². The molecule has 0 aromatic rings. The van der Waals surface area contributed by atoms with Crippen molar-refractivity contribution < 1.29 is 0 Å². The Morgan fingerprint density at radius 1 is 1.60 bits per heavy atom. The molecule has 0 heterocycles. The lowest BCUT2D eigenvalue weighted by Gasteiger charge is -2.12. The Balaban J connectivity index is 3.11. The van der Waals surface area contributed by atoms with Gasteiger partial charge in [-0.1, -0.05) is 6.92 Å². The molecule has 0 fully saturated rings. The van der Waals surface area contributed by atoms with Crippen LogP contribution >= 0.6 is 0 Å². The Bertz CT molecular complexity index is 101. The van der Waals surface area contributed by atoms with Gasteiger partial charge in [-0.15, -0.1) is 0 Å². The third kappa shape index (κ3) is 5.56. The first kappa shape index (κ1) is 9.43. The molecule has 60 valence electrons. The molecule has 3 heteroatoms. The zero-order chi connectivity index (χ0) is 7.98. The van der Waals surface area contributed by atoms with E-state index in [0.717, 1.165) is 25.9 Å². The monoisotopic (exact) mass is 143 g/mol. The largest absolute Gasteiger partial charge is 0.388 e. The van der Waals surface area contributed by atoms with Crippen molar-refractivity contribution in [3.05, 3.63) is 0 Å². The van der Waals surface area contributed by atoms with Gasteiger partial charge in [-0.3, -0.25) is 5.41 Å². The van der Waals surface area contributed by atoms with Crippen LogP contribution in [0, 0.1) is 5.41 Å². The number of nitrogens with one attached hydrogen (secondary N) is 1. The summed E-state index contributed by atoms with van der Waals surface area (Å²) in [5.74, 6) is 0.296. The first-order valence-corrected chi connectivity index (χ1v) is 3.68. The molecule has 0 amide bonds. The number of hydrogen-bond acceptors (Lipinski definition) is 2. The van der Waals surface area contributed by atoms with E-state index in [0.29, 0.717) is 5.84 Å². The van der Waals surface area contributed by atoms with Gasteiger partial charge in [-0.2, -0.15) is 0 Å². The van der Waals surface area contributed by atoms with Crippen molar-refractivity contribution in [2.24, 2.45) is 5.73 Å². The summed E-state index contributed by atoms with van der Waals surface area (Å²) in [7, 11) is 2.07. The molecule has 3 N–H and O–H groups in total. The standard InChI is InChI=1S/C7H17N3/c1-3-10(2)6-4-5-7(8)9/h3-6H2,1-2H3,(H3,8,9). The summed E-state index contributed by atoms with van der Waals surface area (Å²) >= 11 is 0. The molecule has 0 aliphatic heterocycles. The second-order valence-electron chi connectivity index (χ2n) is 2.52. The average molecular weight is 143 g/mol. The fourth-order valence-electron chi connectivity index (χ4n) is 0.698. The van der Waals surface area contributed by atoms with E-state index >= 15 is 0 Å². The smallest absolute Gasteiger partial charge is 0.0905 e. The molecule has 0 aliphatic carbocycles. The predicted octanol–water partition coefficient (Wildman–Crippen LogP) is 0.654. The van der Waals surface area contributed by atoms with Gasteiger partial charge in [0.1, 0.15) is 0 Å². The van der Waals surface area contributed by atoms with Gasteiger partial charge in [0.2, 0.25) is 0 Å².